The number of rotatable bonds is 3. The van der Waals surface area contributed by atoms with Gasteiger partial charge in [-0.2, -0.15) is 0 Å². The van der Waals surface area contributed by atoms with Crippen molar-refractivity contribution in [1.29, 1.82) is 0 Å². The number of esters is 1. The summed E-state index contributed by atoms with van der Waals surface area (Å²) < 4.78 is 5.11. The Balaban J connectivity index is 1.47. The average Bonchev–Trinajstić information content (AvgIpc) is 3.38. The van der Waals surface area contributed by atoms with Crippen LogP contribution in [0.5, 0.6) is 0 Å². The lowest BCUT2D eigenvalue weighted by molar-refractivity contribution is -0.124. The number of carbonyl (C=O) groups is 2. The van der Waals surface area contributed by atoms with E-state index in [2.05, 4.69) is 19.2 Å². The van der Waals surface area contributed by atoms with E-state index in [0.717, 1.165) is 66.5 Å². The molecule has 2 unspecified atom stereocenters. The summed E-state index contributed by atoms with van der Waals surface area (Å²) in [4.78, 5) is 38.0. The van der Waals surface area contributed by atoms with E-state index in [-0.39, 0.29) is 23.2 Å². The van der Waals surface area contributed by atoms with Gasteiger partial charge in [0.15, 0.2) is 0 Å². The zero-order valence-electron chi connectivity index (χ0n) is 19.2. The lowest BCUT2D eigenvalue weighted by Gasteiger charge is -2.36. The first kappa shape index (κ1) is 20.8. The summed E-state index contributed by atoms with van der Waals surface area (Å²) in [6.07, 6.45) is 5.59. The van der Waals surface area contributed by atoms with Crippen molar-refractivity contribution in [2.45, 2.75) is 63.7 Å². The maximum absolute atomic E-state index is 14.2. The third kappa shape index (κ3) is 2.66. The first-order chi connectivity index (χ1) is 15.9. The van der Waals surface area contributed by atoms with E-state index >= 15 is 0 Å². The van der Waals surface area contributed by atoms with Crippen LogP contribution in [0.4, 0.5) is 5.00 Å². The Morgan fingerprint density at radius 3 is 2.61 bits per heavy atom. The van der Waals surface area contributed by atoms with Crippen molar-refractivity contribution in [1.82, 2.24) is 9.97 Å². The fraction of sp³-hybridized carbons (Fsp3) is 0.462. The molecule has 1 N–H and O–H groups in total. The van der Waals surface area contributed by atoms with Crippen molar-refractivity contribution in [3.8, 4) is 0 Å². The topological polar surface area (TPSA) is 81.2 Å². The largest absolute Gasteiger partial charge is 0.465 e. The number of methoxy groups -OCH3 is 1. The number of benzene rings is 1. The van der Waals surface area contributed by atoms with Crippen LogP contribution >= 0.6 is 11.3 Å². The van der Waals surface area contributed by atoms with Gasteiger partial charge in [-0.25, -0.2) is 14.8 Å². The van der Waals surface area contributed by atoms with E-state index in [1.54, 1.807) is 0 Å². The molecule has 3 aromatic rings. The van der Waals surface area contributed by atoms with Crippen LogP contribution < -0.4 is 5.32 Å². The highest BCUT2D eigenvalue weighted by Gasteiger charge is 2.68. The molecule has 6 nitrogen and oxygen atoms in total. The lowest BCUT2D eigenvalue weighted by Crippen LogP contribution is -2.46. The number of para-hydroxylation sites is 2. The van der Waals surface area contributed by atoms with Crippen LogP contribution in [0.15, 0.2) is 24.3 Å². The van der Waals surface area contributed by atoms with Gasteiger partial charge >= 0.3 is 5.97 Å². The number of hydrogen-bond donors (Lipinski definition) is 1. The number of fused-ring (bicyclic) bond motifs is 7. The maximum atomic E-state index is 14.2. The molecule has 6 rings (SSSR count). The molecule has 1 fully saturated rings. The monoisotopic (exact) mass is 461 g/mol. The highest BCUT2D eigenvalue weighted by Crippen LogP contribution is 2.67. The first-order valence-corrected chi connectivity index (χ1v) is 12.5. The Labute approximate surface area is 196 Å². The van der Waals surface area contributed by atoms with Gasteiger partial charge in [-0.15, -0.1) is 11.3 Å². The minimum Gasteiger partial charge on any atom is -0.465 e. The number of aryl methyl sites for hydroxylation is 1. The van der Waals surface area contributed by atoms with Crippen LogP contribution in [0.25, 0.3) is 11.0 Å². The minimum atomic E-state index is -0.776. The van der Waals surface area contributed by atoms with Crippen molar-refractivity contribution < 1.29 is 14.3 Å². The van der Waals surface area contributed by atoms with Gasteiger partial charge in [0.2, 0.25) is 5.91 Å². The van der Waals surface area contributed by atoms with Gasteiger partial charge in [0.1, 0.15) is 5.00 Å². The van der Waals surface area contributed by atoms with Crippen molar-refractivity contribution in [2.24, 2.45) is 5.41 Å². The van der Waals surface area contributed by atoms with Crippen molar-refractivity contribution >= 4 is 39.2 Å². The molecular formula is C26H27N3O3S. The normalized spacial score (nSPS) is 24.4. The predicted octanol–water partition coefficient (Wildman–Crippen LogP) is 5.15. The molecule has 3 aliphatic carbocycles. The summed E-state index contributed by atoms with van der Waals surface area (Å²) in [6, 6.07) is 7.85. The molecule has 170 valence electrons. The third-order valence-corrected chi connectivity index (χ3v) is 9.49. The Morgan fingerprint density at radius 1 is 1.12 bits per heavy atom. The molecule has 0 spiro atoms. The smallest absolute Gasteiger partial charge is 0.341 e. The number of thiophene rings is 1. The summed E-state index contributed by atoms with van der Waals surface area (Å²) in [5, 5.41) is 3.82. The predicted molar refractivity (Wildman–Crippen MR) is 128 cm³/mol. The molecule has 2 aromatic heterocycles. The number of hydrogen-bond acceptors (Lipinski definition) is 6. The maximum Gasteiger partial charge on any atom is 0.341 e. The van der Waals surface area contributed by atoms with Gasteiger partial charge in [-0.1, -0.05) is 26.0 Å². The highest BCUT2D eigenvalue weighted by atomic mass is 32.1. The molecule has 1 aromatic carbocycles. The second kappa shape index (κ2) is 7.10. The third-order valence-electron chi connectivity index (χ3n) is 8.29. The highest BCUT2D eigenvalue weighted by molar-refractivity contribution is 7.17. The summed E-state index contributed by atoms with van der Waals surface area (Å²) in [7, 11) is 1.40. The number of carbonyl (C=O) groups excluding carboxylic acids is 2. The Morgan fingerprint density at radius 2 is 1.85 bits per heavy atom. The van der Waals surface area contributed by atoms with Crippen LogP contribution in [-0.2, 0) is 27.8 Å². The standard InChI is InChI=1S/C26H27N3O3S/c1-25(2)15-12-13-26(25,21-20(15)27-16-9-5-6-10-17(16)28-21)24(31)29-22-19(23(30)32-3)14-8-4-7-11-18(14)33-22/h5-6,9-10,15H,4,7-8,11-13H2,1-3H3,(H,29,31). The quantitative estimate of drug-likeness (QED) is 0.546. The Kier molecular flexibility index (Phi) is 4.47. The lowest BCUT2D eigenvalue weighted by atomic mass is 9.67. The minimum absolute atomic E-state index is 0.0814. The van der Waals surface area contributed by atoms with Crippen LogP contribution in [0.1, 0.15) is 77.6 Å². The number of anilines is 1. The van der Waals surface area contributed by atoms with E-state index in [0.29, 0.717) is 10.6 Å². The van der Waals surface area contributed by atoms with Gasteiger partial charge in [-0.3, -0.25) is 4.79 Å². The molecule has 7 heteroatoms. The van der Waals surface area contributed by atoms with Crippen molar-refractivity contribution in [2.75, 3.05) is 12.4 Å². The van der Waals surface area contributed by atoms with Crippen LogP contribution in [0.3, 0.4) is 0 Å². The van der Waals surface area contributed by atoms with Gasteiger partial charge in [-0.05, 0) is 61.6 Å². The van der Waals surface area contributed by atoms with E-state index in [1.807, 2.05) is 24.3 Å². The Bertz CT molecular complexity index is 1330. The number of ether oxygens (including phenoxy) is 1. The molecular weight excluding hydrogens is 434 g/mol. The molecule has 33 heavy (non-hydrogen) atoms. The van der Waals surface area contributed by atoms with Gasteiger partial charge < -0.3 is 10.1 Å². The van der Waals surface area contributed by atoms with Gasteiger partial charge in [0.25, 0.3) is 0 Å². The number of nitrogens with zero attached hydrogens (tertiary/aromatic N) is 2. The van der Waals surface area contributed by atoms with E-state index in [4.69, 9.17) is 14.7 Å². The molecule has 2 atom stereocenters. The molecule has 1 amide bonds. The number of nitrogens with one attached hydrogen (secondary N) is 1. The van der Waals surface area contributed by atoms with Crippen LogP contribution in [0, 0.1) is 5.41 Å². The fourth-order valence-electron chi connectivity index (χ4n) is 6.51. The van der Waals surface area contributed by atoms with Crippen molar-refractivity contribution in [3.05, 3.63) is 51.7 Å². The summed E-state index contributed by atoms with van der Waals surface area (Å²) in [5.41, 5.74) is 3.94. The first-order valence-electron chi connectivity index (χ1n) is 11.7. The molecule has 2 bridgehead atoms. The summed E-state index contributed by atoms with van der Waals surface area (Å²) in [6.45, 7) is 4.33. The zero-order chi connectivity index (χ0) is 23.0. The van der Waals surface area contributed by atoms with Crippen LogP contribution in [-0.4, -0.2) is 29.0 Å². The summed E-state index contributed by atoms with van der Waals surface area (Å²) in [5.74, 6) is -0.266. The zero-order valence-corrected chi connectivity index (χ0v) is 20.0. The van der Waals surface area contributed by atoms with E-state index in [9.17, 15) is 9.59 Å². The fourth-order valence-corrected chi connectivity index (χ4v) is 7.78. The van der Waals surface area contributed by atoms with Gasteiger partial charge in [0, 0.05) is 10.8 Å². The number of amides is 1. The second-order valence-electron chi connectivity index (χ2n) is 10.0. The molecule has 0 aliphatic heterocycles. The van der Waals surface area contributed by atoms with Gasteiger partial charge in [0.05, 0.1) is 40.5 Å². The van der Waals surface area contributed by atoms with Crippen molar-refractivity contribution in [3.63, 3.8) is 0 Å². The average molecular weight is 462 g/mol. The van der Waals surface area contributed by atoms with E-state index in [1.165, 1.54) is 23.3 Å². The summed E-state index contributed by atoms with van der Waals surface area (Å²) >= 11 is 1.53. The molecule has 0 radical (unpaired) electrons. The SMILES string of the molecule is COC(=O)c1c(NC(=O)C23CCC(c4nc5ccccc5nc42)C3(C)C)sc2c1CCCC2. The molecule has 2 heterocycles. The number of aromatic nitrogens is 2. The molecule has 0 saturated heterocycles. The second-order valence-corrected chi connectivity index (χ2v) is 11.1. The van der Waals surface area contributed by atoms with E-state index < -0.39 is 5.41 Å². The molecule has 3 aliphatic rings. The van der Waals surface area contributed by atoms with Crippen LogP contribution in [0.2, 0.25) is 0 Å². The molecule has 1 saturated carbocycles. The Hall–Kier alpha value is -2.80.